The molecule has 0 amide bonds. The summed E-state index contributed by atoms with van der Waals surface area (Å²) in [6, 6.07) is 17.2. The van der Waals surface area contributed by atoms with Gasteiger partial charge in [-0.1, -0.05) is 18.2 Å². The average molecular weight is 328 g/mol. The lowest BCUT2D eigenvalue weighted by Crippen LogP contribution is -1.94. The van der Waals surface area contributed by atoms with Crippen LogP contribution in [0.2, 0.25) is 0 Å². The maximum absolute atomic E-state index is 12.4. The number of aromatic amines is 1. The van der Waals surface area contributed by atoms with Gasteiger partial charge in [0, 0.05) is 28.0 Å². The Morgan fingerprint density at radius 1 is 1.04 bits per heavy atom. The number of benzene rings is 2. The highest BCUT2D eigenvalue weighted by Gasteiger charge is 2.08. The van der Waals surface area contributed by atoms with Crippen LogP contribution in [0.25, 0.3) is 27.9 Å². The predicted molar refractivity (Wildman–Crippen MR) is 100.0 cm³/mol. The van der Waals surface area contributed by atoms with E-state index < -0.39 is 0 Å². The Balaban J connectivity index is 1.69. The Kier molecular flexibility index (Phi) is 3.78. The van der Waals surface area contributed by atoms with Gasteiger partial charge < -0.3 is 9.72 Å². The topological polar surface area (TPSA) is 55.0 Å². The van der Waals surface area contributed by atoms with Crippen molar-refractivity contribution in [2.45, 2.75) is 0 Å². The number of H-pyrrole nitrogens is 1. The molecule has 4 heteroatoms. The summed E-state index contributed by atoms with van der Waals surface area (Å²) in [5.41, 5.74) is 3.35. The van der Waals surface area contributed by atoms with E-state index in [1.165, 1.54) is 0 Å². The average Bonchev–Trinajstić information content (AvgIpc) is 3.05. The molecule has 2 aromatic carbocycles. The molecule has 0 saturated carbocycles. The number of fused-ring (bicyclic) bond motifs is 3. The van der Waals surface area contributed by atoms with E-state index in [-0.39, 0.29) is 5.78 Å². The SMILES string of the molecule is COc1ccc(C(=O)/C=C/c2nccc3c2[nH]c2ccccc23)cc1. The summed E-state index contributed by atoms with van der Waals surface area (Å²) in [5, 5.41) is 2.25. The van der Waals surface area contributed by atoms with Crippen LogP contribution in [0.3, 0.4) is 0 Å². The number of methoxy groups -OCH3 is 1. The minimum absolute atomic E-state index is 0.0717. The number of aromatic nitrogens is 2. The predicted octanol–water partition coefficient (Wildman–Crippen LogP) is 4.62. The first-order valence-corrected chi connectivity index (χ1v) is 7.98. The first-order chi connectivity index (χ1) is 12.3. The van der Waals surface area contributed by atoms with Gasteiger partial charge in [-0.15, -0.1) is 0 Å². The normalized spacial score (nSPS) is 11.4. The van der Waals surface area contributed by atoms with Crippen LogP contribution in [0.1, 0.15) is 16.1 Å². The van der Waals surface area contributed by atoms with Crippen molar-refractivity contribution in [2.75, 3.05) is 7.11 Å². The highest BCUT2D eigenvalue weighted by atomic mass is 16.5. The van der Waals surface area contributed by atoms with Gasteiger partial charge in [0.25, 0.3) is 0 Å². The fourth-order valence-corrected chi connectivity index (χ4v) is 2.93. The zero-order valence-electron chi connectivity index (χ0n) is 13.7. The van der Waals surface area contributed by atoms with Crippen molar-refractivity contribution in [1.29, 1.82) is 0 Å². The molecule has 0 unspecified atom stereocenters. The molecule has 122 valence electrons. The highest BCUT2D eigenvalue weighted by molar-refractivity contribution is 6.11. The van der Waals surface area contributed by atoms with Gasteiger partial charge in [0.1, 0.15) is 5.75 Å². The number of nitrogens with zero attached hydrogens (tertiary/aromatic N) is 1. The Morgan fingerprint density at radius 3 is 2.64 bits per heavy atom. The second-order valence-corrected chi connectivity index (χ2v) is 5.72. The Bertz CT molecular complexity index is 1090. The number of allylic oxidation sites excluding steroid dienone is 1. The van der Waals surface area contributed by atoms with E-state index in [1.807, 2.05) is 24.3 Å². The molecule has 1 N–H and O–H groups in total. The molecule has 0 saturated heterocycles. The molecule has 0 fully saturated rings. The summed E-state index contributed by atoms with van der Waals surface area (Å²) in [4.78, 5) is 20.1. The number of hydrogen-bond donors (Lipinski definition) is 1. The lowest BCUT2D eigenvalue weighted by Gasteiger charge is -2.00. The number of ketones is 1. The van der Waals surface area contributed by atoms with Gasteiger partial charge in [-0.25, -0.2) is 0 Å². The smallest absolute Gasteiger partial charge is 0.185 e. The van der Waals surface area contributed by atoms with Gasteiger partial charge in [-0.3, -0.25) is 9.78 Å². The van der Waals surface area contributed by atoms with E-state index in [0.29, 0.717) is 5.56 Å². The van der Waals surface area contributed by atoms with Gasteiger partial charge >= 0.3 is 0 Å². The molecule has 0 aliphatic rings. The van der Waals surface area contributed by atoms with E-state index in [0.717, 1.165) is 33.2 Å². The third kappa shape index (κ3) is 2.78. The van der Waals surface area contributed by atoms with Crippen LogP contribution in [0.4, 0.5) is 0 Å². The van der Waals surface area contributed by atoms with Crippen LogP contribution in [-0.4, -0.2) is 22.9 Å². The van der Waals surface area contributed by atoms with Gasteiger partial charge in [0.05, 0.1) is 18.3 Å². The van der Waals surface area contributed by atoms with Crippen molar-refractivity contribution in [2.24, 2.45) is 0 Å². The molecule has 2 aromatic heterocycles. The second kappa shape index (κ2) is 6.24. The minimum atomic E-state index is -0.0717. The van der Waals surface area contributed by atoms with Crippen molar-refractivity contribution in [3.63, 3.8) is 0 Å². The Labute approximate surface area is 144 Å². The van der Waals surface area contributed by atoms with Crippen LogP contribution in [0.5, 0.6) is 5.75 Å². The molecule has 0 bridgehead atoms. The largest absolute Gasteiger partial charge is 0.497 e. The summed E-state index contributed by atoms with van der Waals surface area (Å²) in [6.45, 7) is 0. The fourth-order valence-electron chi connectivity index (χ4n) is 2.93. The minimum Gasteiger partial charge on any atom is -0.497 e. The molecule has 4 nitrogen and oxygen atoms in total. The molecule has 4 aromatic rings. The number of carbonyl (C=O) groups is 1. The van der Waals surface area contributed by atoms with Crippen molar-refractivity contribution < 1.29 is 9.53 Å². The highest BCUT2D eigenvalue weighted by Crippen LogP contribution is 2.27. The monoisotopic (exact) mass is 328 g/mol. The van der Waals surface area contributed by atoms with Crippen molar-refractivity contribution in [1.82, 2.24) is 9.97 Å². The van der Waals surface area contributed by atoms with Gasteiger partial charge in [-0.05, 0) is 48.6 Å². The molecule has 0 radical (unpaired) electrons. The molecular weight excluding hydrogens is 312 g/mol. The Hall–Kier alpha value is -3.40. The second-order valence-electron chi connectivity index (χ2n) is 5.72. The maximum atomic E-state index is 12.4. The van der Waals surface area contributed by atoms with Gasteiger partial charge in [-0.2, -0.15) is 0 Å². The standard InChI is InChI=1S/C21H16N2O2/c1-25-15-8-6-14(7-9-15)20(24)11-10-19-21-17(12-13-22-19)16-4-2-3-5-18(16)23-21/h2-13,23H,1H3/b11-10+. The van der Waals surface area contributed by atoms with Crippen LogP contribution in [-0.2, 0) is 0 Å². The van der Waals surface area contributed by atoms with Crippen molar-refractivity contribution >= 4 is 33.7 Å². The number of para-hydroxylation sites is 1. The van der Waals surface area contributed by atoms with E-state index in [9.17, 15) is 4.79 Å². The van der Waals surface area contributed by atoms with Crippen molar-refractivity contribution in [3.8, 4) is 5.75 Å². The van der Waals surface area contributed by atoms with E-state index >= 15 is 0 Å². The molecule has 0 spiro atoms. The van der Waals surface area contributed by atoms with Gasteiger partial charge in [0.15, 0.2) is 5.78 Å². The van der Waals surface area contributed by atoms with Crippen molar-refractivity contribution in [3.05, 3.63) is 78.1 Å². The molecule has 0 atom stereocenters. The number of ether oxygens (including phenoxy) is 1. The fraction of sp³-hybridized carbons (Fsp3) is 0.0476. The van der Waals surface area contributed by atoms with E-state index in [2.05, 4.69) is 16.0 Å². The third-order valence-electron chi connectivity index (χ3n) is 4.22. The summed E-state index contributed by atoms with van der Waals surface area (Å²) < 4.78 is 5.11. The summed E-state index contributed by atoms with van der Waals surface area (Å²) >= 11 is 0. The lowest BCUT2D eigenvalue weighted by atomic mass is 10.1. The number of rotatable bonds is 4. The summed E-state index contributed by atoms with van der Waals surface area (Å²) in [5.74, 6) is 0.655. The maximum Gasteiger partial charge on any atom is 0.185 e. The van der Waals surface area contributed by atoms with Crippen LogP contribution >= 0.6 is 0 Å². The number of nitrogens with one attached hydrogen (secondary N) is 1. The summed E-state index contributed by atoms with van der Waals surface area (Å²) in [7, 11) is 1.60. The first-order valence-electron chi connectivity index (χ1n) is 7.98. The number of hydrogen-bond acceptors (Lipinski definition) is 3. The molecule has 4 rings (SSSR count). The first kappa shape index (κ1) is 15.1. The quantitative estimate of drug-likeness (QED) is 0.439. The zero-order valence-corrected chi connectivity index (χ0v) is 13.7. The molecular formula is C21H16N2O2. The van der Waals surface area contributed by atoms with E-state index in [1.54, 1.807) is 49.7 Å². The molecule has 25 heavy (non-hydrogen) atoms. The number of carbonyl (C=O) groups excluding carboxylic acids is 1. The van der Waals surface area contributed by atoms with Gasteiger partial charge in [0.2, 0.25) is 0 Å². The van der Waals surface area contributed by atoms with Crippen LogP contribution < -0.4 is 4.74 Å². The summed E-state index contributed by atoms with van der Waals surface area (Å²) in [6.07, 6.45) is 5.07. The van der Waals surface area contributed by atoms with Crippen LogP contribution in [0.15, 0.2) is 66.9 Å². The lowest BCUT2D eigenvalue weighted by molar-refractivity contribution is 0.104. The Morgan fingerprint density at radius 2 is 1.84 bits per heavy atom. The van der Waals surface area contributed by atoms with E-state index in [4.69, 9.17) is 4.74 Å². The molecule has 0 aliphatic heterocycles. The molecule has 2 heterocycles. The number of pyridine rings is 1. The van der Waals surface area contributed by atoms with Crippen LogP contribution in [0, 0.1) is 0 Å². The zero-order chi connectivity index (χ0) is 17.2. The molecule has 0 aliphatic carbocycles. The third-order valence-corrected chi connectivity index (χ3v) is 4.22.